The maximum atomic E-state index is 11.3. The Bertz CT molecular complexity index is 478. The van der Waals surface area contributed by atoms with E-state index in [0.29, 0.717) is 23.5 Å². The molecule has 17 heavy (non-hydrogen) atoms. The van der Waals surface area contributed by atoms with Gasteiger partial charge in [-0.1, -0.05) is 0 Å². The highest BCUT2D eigenvalue weighted by Crippen LogP contribution is 2.23. The second kappa shape index (κ2) is 5.08. The molecule has 1 aliphatic heterocycles. The molecule has 3 nitrogen and oxygen atoms in total. The van der Waals surface area contributed by atoms with Gasteiger partial charge < -0.3 is 5.32 Å². The van der Waals surface area contributed by atoms with E-state index < -0.39 is 9.84 Å². The molecule has 96 valence electrons. The molecule has 0 saturated carbocycles. The van der Waals surface area contributed by atoms with Gasteiger partial charge in [-0.15, -0.1) is 11.3 Å². The molecule has 0 aliphatic carbocycles. The Kier molecular flexibility index (Phi) is 3.90. The Hall–Kier alpha value is -0.390. The average Bonchev–Trinajstić information content (AvgIpc) is 2.81. The van der Waals surface area contributed by atoms with Gasteiger partial charge in [-0.2, -0.15) is 0 Å². The first kappa shape index (κ1) is 13.1. The Balaban J connectivity index is 1.83. The zero-order valence-electron chi connectivity index (χ0n) is 10.3. The van der Waals surface area contributed by atoms with E-state index in [1.807, 2.05) is 0 Å². The number of hydrogen-bond donors (Lipinski definition) is 1. The third-order valence-corrected chi connectivity index (χ3v) is 6.25. The molecule has 0 amide bonds. The summed E-state index contributed by atoms with van der Waals surface area (Å²) in [5.74, 6) is 1.02. The molecule has 1 aromatic heterocycles. The quantitative estimate of drug-likeness (QED) is 0.914. The second-order valence-electron chi connectivity index (χ2n) is 4.85. The molecule has 1 fully saturated rings. The summed E-state index contributed by atoms with van der Waals surface area (Å²) >= 11 is 1.80. The molecule has 2 atom stereocenters. The highest BCUT2D eigenvalue weighted by atomic mass is 32.2. The first-order valence-corrected chi connectivity index (χ1v) is 8.60. The van der Waals surface area contributed by atoms with Gasteiger partial charge in [0, 0.05) is 15.8 Å². The molecular formula is C12H19NO2S2. The molecule has 0 radical (unpaired) electrons. The molecule has 5 heteroatoms. The smallest absolute Gasteiger partial charge is 0.150 e. The van der Waals surface area contributed by atoms with Crippen LogP contribution < -0.4 is 5.32 Å². The van der Waals surface area contributed by atoms with Gasteiger partial charge >= 0.3 is 0 Å². The molecule has 2 unspecified atom stereocenters. The highest BCUT2D eigenvalue weighted by molar-refractivity contribution is 7.91. The summed E-state index contributed by atoms with van der Waals surface area (Å²) in [5.41, 5.74) is 0. The van der Waals surface area contributed by atoms with Crippen molar-refractivity contribution in [3.8, 4) is 0 Å². The van der Waals surface area contributed by atoms with Crippen LogP contribution in [0.2, 0.25) is 0 Å². The predicted molar refractivity (Wildman–Crippen MR) is 72.2 cm³/mol. The minimum atomic E-state index is -2.74. The van der Waals surface area contributed by atoms with E-state index >= 15 is 0 Å². The standard InChI is InChI=1S/C12H19NO2S2/c1-9-3-4-12(16-9)10(2)13-7-11-5-6-17(14,15)8-11/h3-4,10-11,13H,5-8H2,1-2H3. The summed E-state index contributed by atoms with van der Waals surface area (Å²) in [7, 11) is -2.74. The van der Waals surface area contributed by atoms with Crippen LogP contribution in [0.1, 0.15) is 29.1 Å². The molecule has 0 bridgehead atoms. The first-order chi connectivity index (χ1) is 7.96. The number of rotatable bonds is 4. The van der Waals surface area contributed by atoms with Crippen LogP contribution in [0.3, 0.4) is 0 Å². The average molecular weight is 273 g/mol. The van der Waals surface area contributed by atoms with E-state index in [9.17, 15) is 8.42 Å². The Morgan fingerprint density at radius 1 is 1.53 bits per heavy atom. The molecule has 0 aromatic carbocycles. The normalized spacial score (nSPS) is 24.9. The van der Waals surface area contributed by atoms with Gasteiger partial charge in [0.15, 0.2) is 9.84 Å². The van der Waals surface area contributed by atoms with Crippen molar-refractivity contribution in [2.45, 2.75) is 26.3 Å². The Morgan fingerprint density at radius 2 is 2.29 bits per heavy atom. The monoisotopic (exact) mass is 273 g/mol. The third-order valence-electron chi connectivity index (χ3n) is 3.23. The lowest BCUT2D eigenvalue weighted by Gasteiger charge is -2.15. The minimum Gasteiger partial charge on any atom is -0.309 e. The summed E-state index contributed by atoms with van der Waals surface area (Å²) in [6, 6.07) is 4.58. The number of sulfone groups is 1. The van der Waals surface area contributed by atoms with Crippen molar-refractivity contribution in [2.24, 2.45) is 5.92 Å². The number of aryl methyl sites for hydroxylation is 1. The third kappa shape index (κ3) is 3.53. The summed E-state index contributed by atoms with van der Waals surface area (Å²) < 4.78 is 22.7. The fourth-order valence-electron chi connectivity index (χ4n) is 2.16. The van der Waals surface area contributed by atoms with Crippen molar-refractivity contribution < 1.29 is 8.42 Å². The zero-order valence-corrected chi connectivity index (χ0v) is 11.9. The highest BCUT2D eigenvalue weighted by Gasteiger charge is 2.27. The lowest BCUT2D eigenvalue weighted by Crippen LogP contribution is -2.26. The van der Waals surface area contributed by atoms with Gasteiger partial charge in [-0.25, -0.2) is 8.42 Å². The molecular weight excluding hydrogens is 254 g/mol. The predicted octanol–water partition coefficient (Wildman–Crippen LogP) is 2.14. The van der Waals surface area contributed by atoms with Crippen LogP contribution >= 0.6 is 11.3 Å². The van der Waals surface area contributed by atoms with Gasteiger partial charge in [0.25, 0.3) is 0 Å². The van der Waals surface area contributed by atoms with Crippen LogP contribution in [-0.4, -0.2) is 26.5 Å². The summed E-state index contributed by atoms with van der Waals surface area (Å²) in [4.78, 5) is 2.64. The maximum Gasteiger partial charge on any atom is 0.150 e. The van der Waals surface area contributed by atoms with E-state index in [2.05, 4.69) is 31.3 Å². The van der Waals surface area contributed by atoms with Crippen LogP contribution in [0, 0.1) is 12.8 Å². The lowest BCUT2D eigenvalue weighted by molar-refractivity contribution is 0.479. The van der Waals surface area contributed by atoms with Gasteiger partial charge in [0.05, 0.1) is 11.5 Å². The van der Waals surface area contributed by atoms with E-state index in [1.165, 1.54) is 9.75 Å². The maximum absolute atomic E-state index is 11.3. The van der Waals surface area contributed by atoms with Crippen LogP contribution in [0.15, 0.2) is 12.1 Å². The van der Waals surface area contributed by atoms with Crippen LogP contribution in [0.25, 0.3) is 0 Å². The molecule has 2 heterocycles. The lowest BCUT2D eigenvalue weighted by atomic mass is 10.1. The van der Waals surface area contributed by atoms with Crippen molar-refractivity contribution in [3.05, 3.63) is 21.9 Å². The molecule has 1 aromatic rings. The van der Waals surface area contributed by atoms with Gasteiger partial charge in [-0.05, 0) is 44.9 Å². The summed E-state index contributed by atoms with van der Waals surface area (Å²) in [5, 5.41) is 3.44. The molecule has 1 aliphatic rings. The van der Waals surface area contributed by atoms with Crippen LogP contribution in [0.5, 0.6) is 0 Å². The Morgan fingerprint density at radius 3 is 2.82 bits per heavy atom. The van der Waals surface area contributed by atoms with E-state index in [0.717, 1.165) is 13.0 Å². The van der Waals surface area contributed by atoms with E-state index in [-0.39, 0.29) is 0 Å². The minimum absolute atomic E-state index is 0.295. The fourth-order valence-corrected chi connectivity index (χ4v) is 4.93. The van der Waals surface area contributed by atoms with Crippen molar-refractivity contribution >= 4 is 21.2 Å². The molecule has 0 spiro atoms. The van der Waals surface area contributed by atoms with Gasteiger partial charge in [0.1, 0.15) is 0 Å². The van der Waals surface area contributed by atoms with E-state index in [1.54, 1.807) is 11.3 Å². The number of nitrogens with one attached hydrogen (secondary N) is 1. The van der Waals surface area contributed by atoms with Crippen molar-refractivity contribution in [1.29, 1.82) is 0 Å². The SMILES string of the molecule is Cc1ccc(C(C)NCC2CCS(=O)(=O)C2)s1. The Labute approximate surface area is 107 Å². The second-order valence-corrected chi connectivity index (χ2v) is 8.40. The van der Waals surface area contributed by atoms with Crippen LogP contribution in [0.4, 0.5) is 0 Å². The molecule has 2 rings (SSSR count). The molecule has 1 saturated heterocycles. The van der Waals surface area contributed by atoms with Crippen molar-refractivity contribution in [2.75, 3.05) is 18.1 Å². The number of thiophene rings is 1. The van der Waals surface area contributed by atoms with Gasteiger partial charge in [0.2, 0.25) is 0 Å². The van der Waals surface area contributed by atoms with Crippen molar-refractivity contribution in [3.63, 3.8) is 0 Å². The largest absolute Gasteiger partial charge is 0.309 e. The zero-order chi connectivity index (χ0) is 12.5. The fraction of sp³-hybridized carbons (Fsp3) is 0.667. The summed E-state index contributed by atoms with van der Waals surface area (Å²) in [6.07, 6.45) is 0.811. The van der Waals surface area contributed by atoms with Crippen molar-refractivity contribution in [1.82, 2.24) is 5.32 Å². The molecule has 1 N–H and O–H groups in total. The van der Waals surface area contributed by atoms with Crippen LogP contribution in [-0.2, 0) is 9.84 Å². The van der Waals surface area contributed by atoms with Gasteiger partial charge in [-0.3, -0.25) is 0 Å². The topological polar surface area (TPSA) is 46.2 Å². The first-order valence-electron chi connectivity index (χ1n) is 5.96. The number of hydrogen-bond acceptors (Lipinski definition) is 4. The summed E-state index contributed by atoms with van der Waals surface area (Å²) in [6.45, 7) is 5.04. The van der Waals surface area contributed by atoms with E-state index in [4.69, 9.17) is 0 Å².